The molecule has 3 heteroatoms. The van der Waals surface area contributed by atoms with Gasteiger partial charge >= 0.3 is 0 Å². The fourth-order valence-corrected chi connectivity index (χ4v) is 1.41. The van der Waals surface area contributed by atoms with Crippen molar-refractivity contribution in [2.45, 2.75) is 32.9 Å². The lowest BCUT2D eigenvalue weighted by atomic mass is 10.1. The molecule has 0 aliphatic rings. The Bertz CT molecular complexity index is 314. The topological polar surface area (TPSA) is 32.3 Å². The Labute approximate surface area is 90.1 Å². The molecule has 0 aliphatic heterocycles. The monoisotopic (exact) mass is 211 g/mol. The second-order valence-electron chi connectivity index (χ2n) is 3.87. The van der Waals surface area contributed by atoms with E-state index in [1.165, 1.54) is 6.07 Å². The third-order valence-electron chi connectivity index (χ3n) is 2.51. The fraction of sp³-hybridized carbons (Fsp3) is 0.500. The van der Waals surface area contributed by atoms with Gasteiger partial charge < -0.3 is 10.4 Å². The van der Waals surface area contributed by atoms with Crippen LogP contribution in [0.2, 0.25) is 0 Å². The van der Waals surface area contributed by atoms with Crippen LogP contribution in [-0.4, -0.2) is 17.8 Å². The number of hydrogen-bond acceptors (Lipinski definition) is 2. The molecule has 2 N–H and O–H groups in total. The van der Waals surface area contributed by atoms with E-state index >= 15 is 0 Å². The Morgan fingerprint density at radius 1 is 1.47 bits per heavy atom. The summed E-state index contributed by atoms with van der Waals surface area (Å²) in [5.74, 6) is -0.202. The SMILES string of the molecule is Cc1ccc(F)cc1CN[C@H](C)CCO. The highest BCUT2D eigenvalue weighted by molar-refractivity contribution is 5.26. The van der Waals surface area contributed by atoms with E-state index in [1.807, 2.05) is 13.8 Å². The third-order valence-corrected chi connectivity index (χ3v) is 2.51. The zero-order chi connectivity index (χ0) is 11.3. The number of benzene rings is 1. The van der Waals surface area contributed by atoms with Crippen LogP contribution in [0.4, 0.5) is 4.39 Å². The largest absolute Gasteiger partial charge is 0.396 e. The van der Waals surface area contributed by atoms with Gasteiger partial charge in [0.15, 0.2) is 0 Å². The zero-order valence-electron chi connectivity index (χ0n) is 9.26. The molecule has 84 valence electrons. The van der Waals surface area contributed by atoms with Crippen LogP contribution in [0.25, 0.3) is 0 Å². The molecule has 1 rings (SSSR count). The molecule has 0 aliphatic carbocycles. The average molecular weight is 211 g/mol. The first-order chi connectivity index (χ1) is 7.13. The van der Waals surface area contributed by atoms with E-state index < -0.39 is 0 Å². The van der Waals surface area contributed by atoms with Crippen LogP contribution in [0.1, 0.15) is 24.5 Å². The summed E-state index contributed by atoms with van der Waals surface area (Å²) in [6.45, 7) is 4.79. The van der Waals surface area contributed by atoms with Gasteiger partial charge in [-0.3, -0.25) is 0 Å². The van der Waals surface area contributed by atoms with Gasteiger partial charge in [-0.05, 0) is 43.5 Å². The van der Waals surface area contributed by atoms with Gasteiger partial charge in [0.25, 0.3) is 0 Å². The summed E-state index contributed by atoms with van der Waals surface area (Å²) in [5, 5.41) is 12.0. The summed E-state index contributed by atoms with van der Waals surface area (Å²) >= 11 is 0. The van der Waals surface area contributed by atoms with E-state index in [0.29, 0.717) is 13.0 Å². The van der Waals surface area contributed by atoms with E-state index in [1.54, 1.807) is 12.1 Å². The molecular formula is C12H18FNO. The highest BCUT2D eigenvalue weighted by Crippen LogP contribution is 2.10. The number of hydrogen-bond donors (Lipinski definition) is 2. The minimum absolute atomic E-state index is 0.177. The molecule has 15 heavy (non-hydrogen) atoms. The van der Waals surface area contributed by atoms with Crippen LogP contribution in [-0.2, 0) is 6.54 Å². The predicted octanol–water partition coefficient (Wildman–Crippen LogP) is 1.99. The van der Waals surface area contributed by atoms with Gasteiger partial charge in [-0.15, -0.1) is 0 Å². The second kappa shape index (κ2) is 5.83. The van der Waals surface area contributed by atoms with E-state index in [4.69, 9.17) is 5.11 Å². The first-order valence-corrected chi connectivity index (χ1v) is 5.22. The molecule has 0 fully saturated rings. The van der Waals surface area contributed by atoms with Crippen LogP contribution in [0.15, 0.2) is 18.2 Å². The van der Waals surface area contributed by atoms with Crippen molar-refractivity contribution in [2.75, 3.05) is 6.61 Å². The summed E-state index contributed by atoms with van der Waals surface area (Å²) in [6, 6.07) is 5.05. The summed E-state index contributed by atoms with van der Waals surface area (Å²) in [7, 11) is 0. The number of nitrogens with one attached hydrogen (secondary N) is 1. The fourth-order valence-electron chi connectivity index (χ4n) is 1.41. The molecule has 1 atom stereocenters. The molecule has 0 saturated heterocycles. The molecule has 0 radical (unpaired) electrons. The quantitative estimate of drug-likeness (QED) is 0.780. The minimum atomic E-state index is -0.202. The number of aliphatic hydroxyl groups excluding tert-OH is 1. The molecule has 0 amide bonds. The summed E-state index contributed by atoms with van der Waals surface area (Å²) < 4.78 is 13.0. The van der Waals surface area contributed by atoms with Gasteiger partial charge in [-0.2, -0.15) is 0 Å². The van der Waals surface area contributed by atoms with Crippen LogP contribution in [0, 0.1) is 12.7 Å². The lowest BCUT2D eigenvalue weighted by Gasteiger charge is -2.13. The molecule has 0 heterocycles. The maximum atomic E-state index is 13.0. The molecule has 1 aromatic carbocycles. The molecule has 0 aromatic heterocycles. The summed E-state index contributed by atoms with van der Waals surface area (Å²) in [5.41, 5.74) is 2.06. The van der Waals surface area contributed by atoms with Crippen molar-refractivity contribution in [1.29, 1.82) is 0 Å². The summed E-state index contributed by atoms with van der Waals surface area (Å²) in [4.78, 5) is 0. The van der Waals surface area contributed by atoms with Crippen molar-refractivity contribution in [3.05, 3.63) is 35.1 Å². The number of halogens is 1. The van der Waals surface area contributed by atoms with Crippen molar-refractivity contribution in [3.63, 3.8) is 0 Å². The molecular weight excluding hydrogens is 193 g/mol. The van der Waals surface area contributed by atoms with E-state index in [2.05, 4.69) is 5.32 Å². The van der Waals surface area contributed by atoms with Gasteiger partial charge in [0.2, 0.25) is 0 Å². The number of aryl methyl sites for hydroxylation is 1. The number of rotatable bonds is 5. The Morgan fingerprint density at radius 2 is 2.20 bits per heavy atom. The normalized spacial score (nSPS) is 12.8. The van der Waals surface area contributed by atoms with Crippen LogP contribution in [0.5, 0.6) is 0 Å². The molecule has 0 spiro atoms. The van der Waals surface area contributed by atoms with Gasteiger partial charge in [0, 0.05) is 19.2 Å². The molecule has 0 saturated carbocycles. The second-order valence-corrected chi connectivity index (χ2v) is 3.87. The zero-order valence-corrected chi connectivity index (χ0v) is 9.26. The van der Waals surface area contributed by atoms with Crippen molar-refractivity contribution < 1.29 is 9.50 Å². The number of aliphatic hydroxyl groups is 1. The van der Waals surface area contributed by atoms with E-state index in [0.717, 1.165) is 11.1 Å². The van der Waals surface area contributed by atoms with Crippen LogP contribution < -0.4 is 5.32 Å². The Morgan fingerprint density at radius 3 is 2.87 bits per heavy atom. The molecule has 2 nitrogen and oxygen atoms in total. The van der Waals surface area contributed by atoms with Crippen molar-refractivity contribution in [2.24, 2.45) is 0 Å². The van der Waals surface area contributed by atoms with Gasteiger partial charge in [-0.1, -0.05) is 6.07 Å². The van der Waals surface area contributed by atoms with Gasteiger partial charge in [0.1, 0.15) is 5.82 Å². The predicted molar refractivity (Wildman–Crippen MR) is 59.1 cm³/mol. The molecule has 0 bridgehead atoms. The van der Waals surface area contributed by atoms with Crippen molar-refractivity contribution in [1.82, 2.24) is 5.32 Å². The lowest BCUT2D eigenvalue weighted by Crippen LogP contribution is -2.26. The van der Waals surface area contributed by atoms with Gasteiger partial charge in [0.05, 0.1) is 0 Å². The summed E-state index contributed by atoms with van der Waals surface area (Å²) in [6.07, 6.45) is 0.717. The molecule has 0 unspecified atom stereocenters. The highest BCUT2D eigenvalue weighted by Gasteiger charge is 2.03. The first kappa shape index (κ1) is 12.1. The van der Waals surface area contributed by atoms with E-state index in [-0.39, 0.29) is 18.5 Å². The first-order valence-electron chi connectivity index (χ1n) is 5.22. The van der Waals surface area contributed by atoms with Crippen molar-refractivity contribution in [3.8, 4) is 0 Å². The highest BCUT2D eigenvalue weighted by atomic mass is 19.1. The molecule has 1 aromatic rings. The average Bonchev–Trinajstić information content (AvgIpc) is 2.20. The Hall–Kier alpha value is -0.930. The standard InChI is InChI=1S/C12H18FNO/c1-9-3-4-12(13)7-11(9)8-14-10(2)5-6-15/h3-4,7,10,14-15H,5-6,8H2,1-2H3/t10-/m1/s1. The third kappa shape index (κ3) is 3.98. The van der Waals surface area contributed by atoms with E-state index in [9.17, 15) is 4.39 Å². The Balaban J connectivity index is 2.53. The Kier molecular flexibility index (Phi) is 4.72. The van der Waals surface area contributed by atoms with Gasteiger partial charge in [-0.25, -0.2) is 4.39 Å². The van der Waals surface area contributed by atoms with Crippen LogP contribution >= 0.6 is 0 Å². The maximum absolute atomic E-state index is 13.0. The smallest absolute Gasteiger partial charge is 0.123 e. The maximum Gasteiger partial charge on any atom is 0.123 e. The van der Waals surface area contributed by atoms with Crippen molar-refractivity contribution >= 4 is 0 Å². The lowest BCUT2D eigenvalue weighted by molar-refractivity contribution is 0.268. The minimum Gasteiger partial charge on any atom is -0.396 e. The van der Waals surface area contributed by atoms with Crippen LogP contribution in [0.3, 0.4) is 0 Å².